The van der Waals surface area contributed by atoms with Gasteiger partial charge in [0.1, 0.15) is 6.29 Å². The highest BCUT2D eigenvalue weighted by atomic mass is 16.5. The van der Waals surface area contributed by atoms with E-state index in [2.05, 4.69) is 6.08 Å². The molecule has 2 aliphatic heterocycles. The Kier molecular flexibility index (Phi) is 1.12. The molecule has 0 saturated carbocycles. The number of aldehydes is 1. The zero-order valence-corrected chi connectivity index (χ0v) is 6.83. The number of carbonyl (C=O) groups excluding carboxylic acids is 1. The molecule has 2 rings (SSSR count). The molecule has 0 spiro atoms. The van der Waals surface area contributed by atoms with E-state index in [9.17, 15) is 4.79 Å². The summed E-state index contributed by atoms with van der Waals surface area (Å²) in [6.45, 7) is 4.00. The first kappa shape index (κ1) is 7.04. The summed E-state index contributed by atoms with van der Waals surface area (Å²) >= 11 is 0. The molecular formula is C9H12O2. The Labute approximate surface area is 66.2 Å². The van der Waals surface area contributed by atoms with Gasteiger partial charge in [-0.05, 0) is 20.3 Å². The van der Waals surface area contributed by atoms with Crippen LogP contribution in [-0.4, -0.2) is 17.5 Å². The lowest BCUT2D eigenvalue weighted by Gasteiger charge is -2.20. The molecule has 0 radical (unpaired) electrons. The highest BCUT2D eigenvalue weighted by Gasteiger charge is 2.52. The molecule has 1 saturated heterocycles. The van der Waals surface area contributed by atoms with Crippen molar-refractivity contribution in [2.24, 2.45) is 5.92 Å². The number of hydrogen-bond donors (Lipinski definition) is 0. The Morgan fingerprint density at radius 3 is 2.55 bits per heavy atom. The van der Waals surface area contributed by atoms with Gasteiger partial charge in [-0.2, -0.15) is 0 Å². The molecule has 2 nitrogen and oxygen atoms in total. The minimum absolute atomic E-state index is 0.0532. The van der Waals surface area contributed by atoms with Crippen LogP contribution in [0.4, 0.5) is 0 Å². The van der Waals surface area contributed by atoms with E-state index in [1.807, 2.05) is 19.9 Å². The van der Waals surface area contributed by atoms with Gasteiger partial charge in [0.2, 0.25) is 0 Å². The van der Waals surface area contributed by atoms with Crippen LogP contribution >= 0.6 is 0 Å². The third-order valence-electron chi connectivity index (χ3n) is 2.75. The van der Waals surface area contributed by atoms with Gasteiger partial charge in [0.25, 0.3) is 0 Å². The topological polar surface area (TPSA) is 26.3 Å². The van der Waals surface area contributed by atoms with Gasteiger partial charge >= 0.3 is 0 Å². The van der Waals surface area contributed by atoms with Crippen molar-refractivity contribution >= 4 is 6.29 Å². The molecule has 0 aliphatic carbocycles. The lowest BCUT2D eigenvalue weighted by molar-refractivity contribution is -0.114. The minimum Gasteiger partial charge on any atom is -0.360 e. The molecule has 2 heteroatoms. The van der Waals surface area contributed by atoms with E-state index in [0.717, 1.165) is 12.7 Å². The third-order valence-corrected chi connectivity index (χ3v) is 2.75. The molecule has 2 heterocycles. The molecule has 1 fully saturated rings. The molecule has 0 amide bonds. The Hall–Kier alpha value is -0.630. The van der Waals surface area contributed by atoms with Gasteiger partial charge < -0.3 is 9.53 Å². The van der Waals surface area contributed by atoms with Crippen molar-refractivity contribution in [1.29, 1.82) is 0 Å². The SMILES string of the molecule is C[C@]12C=C[C@](C)(O1)[C@H](C=O)C2. The summed E-state index contributed by atoms with van der Waals surface area (Å²) < 4.78 is 5.71. The summed E-state index contributed by atoms with van der Waals surface area (Å²) in [5, 5.41) is 0. The Morgan fingerprint density at radius 1 is 1.55 bits per heavy atom. The van der Waals surface area contributed by atoms with E-state index in [1.165, 1.54) is 0 Å². The van der Waals surface area contributed by atoms with Crippen molar-refractivity contribution in [3.8, 4) is 0 Å². The smallest absolute Gasteiger partial charge is 0.126 e. The predicted octanol–water partition coefficient (Wildman–Crippen LogP) is 1.31. The highest BCUT2D eigenvalue weighted by Crippen LogP contribution is 2.48. The van der Waals surface area contributed by atoms with Crippen LogP contribution in [0.5, 0.6) is 0 Å². The summed E-state index contributed by atoms with van der Waals surface area (Å²) in [5.41, 5.74) is -0.475. The maximum Gasteiger partial charge on any atom is 0.126 e. The Balaban J connectivity index is 2.36. The van der Waals surface area contributed by atoms with Crippen LogP contribution in [0.1, 0.15) is 20.3 Å². The number of fused-ring (bicyclic) bond motifs is 2. The fourth-order valence-electron chi connectivity index (χ4n) is 2.04. The Bertz CT molecular complexity index is 234. The molecule has 3 atom stereocenters. The molecule has 2 aliphatic rings. The zero-order chi connectivity index (χ0) is 8.11. The average molecular weight is 152 g/mol. The van der Waals surface area contributed by atoms with E-state index in [1.54, 1.807) is 0 Å². The van der Waals surface area contributed by atoms with Crippen molar-refractivity contribution in [3.63, 3.8) is 0 Å². The first-order chi connectivity index (χ1) is 5.08. The fraction of sp³-hybridized carbons (Fsp3) is 0.667. The van der Waals surface area contributed by atoms with E-state index >= 15 is 0 Å². The van der Waals surface area contributed by atoms with Crippen LogP contribution in [-0.2, 0) is 9.53 Å². The maximum absolute atomic E-state index is 10.6. The van der Waals surface area contributed by atoms with Crippen LogP contribution in [0, 0.1) is 5.92 Å². The third kappa shape index (κ3) is 0.791. The maximum atomic E-state index is 10.6. The van der Waals surface area contributed by atoms with Crippen LogP contribution in [0.25, 0.3) is 0 Å². The Morgan fingerprint density at radius 2 is 2.27 bits per heavy atom. The van der Waals surface area contributed by atoms with Crippen molar-refractivity contribution in [1.82, 2.24) is 0 Å². The van der Waals surface area contributed by atoms with Crippen LogP contribution in [0.2, 0.25) is 0 Å². The van der Waals surface area contributed by atoms with E-state index in [0.29, 0.717) is 0 Å². The summed E-state index contributed by atoms with van der Waals surface area (Å²) in [5.74, 6) is 0.0532. The number of ether oxygens (including phenoxy) is 1. The van der Waals surface area contributed by atoms with Gasteiger partial charge in [-0.25, -0.2) is 0 Å². The van der Waals surface area contributed by atoms with Crippen molar-refractivity contribution in [2.75, 3.05) is 0 Å². The average Bonchev–Trinajstić information content (AvgIpc) is 2.36. The minimum atomic E-state index is -0.309. The van der Waals surface area contributed by atoms with Gasteiger partial charge in [0.05, 0.1) is 17.1 Å². The largest absolute Gasteiger partial charge is 0.360 e. The normalized spacial score (nSPS) is 53.5. The van der Waals surface area contributed by atoms with Gasteiger partial charge in [0.15, 0.2) is 0 Å². The second-order valence-corrected chi connectivity index (χ2v) is 3.88. The lowest BCUT2D eigenvalue weighted by Crippen LogP contribution is -2.28. The van der Waals surface area contributed by atoms with Gasteiger partial charge in [0, 0.05) is 0 Å². The van der Waals surface area contributed by atoms with Crippen LogP contribution < -0.4 is 0 Å². The number of carbonyl (C=O) groups is 1. The van der Waals surface area contributed by atoms with Crippen molar-refractivity contribution in [3.05, 3.63) is 12.2 Å². The second-order valence-electron chi connectivity index (χ2n) is 3.88. The standard InChI is InChI=1S/C9H12O2/c1-8-3-4-9(2,11-8)7(5-8)6-10/h3-4,6-7H,5H2,1-2H3/t7-,8+,9-/m0/s1. The molecule has 0 aromatic heterocycles. The van der Waals surface area contributed by atoms with Gasteiger partial charge in [-0.1, -0.05) is 12.2 Å². The zero-order valence-electron chi connectivity index (χ0n) is 6.83. The van der Waals surface area contributed by atoms with E-state index in [4.69, 9.17) is 4.74 Å². The number of rotatable bonds is 1. The number of hydrogen-bond acceptors (Lipinski definition) is 2. The quantitative estimate of drug-likeness (QED) is 0.418. The van der Waals surface area contributed by atoms with Crippen LogP contribution in [0.15, 0.2) is 12.2 Å². The monoisotopic (exact) mass is 152 g/mol. The molecule has 0 unspecified atom stereocenters. The summed E-state index contributed by atoms with van der Waals surface area (Å²) in [7, 11) is 0. The van der Waals surface area contributed by atoms with E-state index in [-0.39, 0.29) is 17.1 Å². The second kappa shape index (κ2) is 1.75. The fourth-order valence-corrected chi connectivity index (χ4v) is 2.04. The van der Waals surface area contributed by atoms with E-state index < -0.39 is 0 Å². The molecule has 0 aromatic carbocycles. The molecule has 0 N–H and O–H groups in total. The first-order valence-electron chi connectivity index (χ1n) is 3.94. The summed E-state index contributed by atoms with van der Waals surface area (Å²) in [4.78, 5) is 10.6. The lowest BCUT2D eigenvalue weighted by atomic mass is 9.81. The van der Waals surface area contributed by atoms with Gasteiger partial charge in [-0.3, -0.25) is 0 Å². The molecular weight excluding hydrogens is 140 g/mol. The first-order valence-corrected chi connectivity index (χ1v) is 3.94. The molecule has 0 aromatic rings. The van der Waals surface area contributed by atoms with Crippen LogP contribution in [0.3, 0.4) is 0 Å². The van der Waals surface area contributed by atoms with Gasteiger partial charge in [-0.15, -0.1) is 0 Å². The van der Waals surface area contributed by atoms with Crippen molar-refractivity contribution in [2.45, 2.75) is 31.5 Å². The molecule has 2 bridgehead atoms. The molecule has 60 valence electrons. The molecule has 11 heavy (non-hydrogen) atoms. The highest BCUT2D eigenvalue weighted by molar-refractivity contribution is 5.59. The summed E-state index contributed by atoms with van der Waals surface area (Å²) in [6.07, 6.45) is 5.92. The predicted molar refractivity (Wildman–Crippen MR) is 41.2 cm³/mol. The van der Waals surface area contributed by atoms with Crippen molar-refractivity contribution < 1.29 is 9.53 Å². The summed E-state index contributed by atoms with van der Waals surface area (Å²) in [6, 6.07) is 0.